The topological polar surface area (TPSA) is 58.3 Å². The molecule has 0 atom stereocenters. The van der Waals surface area contributed by atoms with Gasteiger partial charge in [0.15, 0.2) is 0 Å². The minimum absolute atomic E-state index is 0.129. The van der Waals surface area contributed by atoms with Crippen LogP contribution >= 0.6 is 11.8 Å². The Morgan fingerprint density at radius 3 is 2.85 bits per heavy atom. The zero-order valence-corrected chi connectivity index (χ0v) is 8.40. The summed E-state index contributed by atoms with van der Waals surface area (Å²) >= 11 is 1.63. The molecule has 1 aromatic carbocycles. The number of thioether (sulfide) groups is 1. The fourth-order valence-electron chi connectivity index (χ4n) is 1.04. The van der Waals surface area contributed by atoms with Gasteiger partial charge in [-0.2, -0.15) is 0 Å². The maximum Gasteiger partial charge on any atom is 0.0604 e. The predicted octanol–water partition coefficient (Wildman–Crippen LogP) is 1.39. The molecule has 0 aliphatic carbocycles. The molecular weight excluding hydrogens is 184 g/mol. The van der Waals surface area contributed by atoms with Crippen molar-refractivity contribution in [2.45, 2.75) is 4.90 Å². The first-order chi connectivity index (χ1) is 6.27. The van der Waals surface area contributed by atoms with Crippen molar-refractivity contribution in [3.8, 4) is 0 Å². The van der Waals surface area contributed by atoms with Crippen molar-refractivity contribution >= 4 is 23.1 Å². The number of nitrogens with one attached hydrogen (secondary N) is 1. The van der Waals surface area contributed by atoms with Crippen LogP contribution in [0.5, 0.6) is 0 Å². The first kappa shape index (κ1) is 10.2. The number of aliphatic hydroxyl groups is 1. The predicted molar refractivity (Wildman–Crippen MR) is 58.2 cm³/mol. The van der Waals surface area contributed by atoms with Gasteiger partial charge in [0.1, 0.15) is 0 Å². The molecule has 0 saturated carbocycles. The molecule has 0 amide bonds. The molecule has 0 aliphatic rings. The van der Waals surface area contributed by atoms with E-state index >= 15 is 0 Å². The number of hydrogen-bond acceptors (Lipinski definition) is 4. The Morgan fingerprint density at radius 1 is 1.54 bits per heavy atom. The van der Waals surface area contributed by atoms with Crippen LogP contribution in [0.1, 0.15) is 0 Å². The summed E-state index contributed by atoms with van der Waals surface area (Å²) in [6.45, 7) is 0.683. The monoisotopic (exact) mass is 198 g/mol. The van der Waals surface area contributed by atoms with Gasteiger partial charge in [-0.15, -0.1) is 11.8 Å². The minimum atomic E-state index is 0.129. The second-order valence-electron chi connectivity index (χ2n) is 2.61. The summed E-state index contributed by atoms with van der Waals surface area (Å²) in [5, 5.41) is 11.6. The normalized spacial score (nSPS) is 10.0. The number of rotatable bonds is 4. The van der Waals surface area contributed by atoms with Crippen LogP contribution in [-0.4, -0.2) is 24.5 Å². The third-order valence-electron chi connectivity index (χ3n) is 1.67. The van der Waals surface area contributed by atoms with Crippen LogP contribution < -0.4 is 11.1 Å². The fourth-order valence-corrected chi connectivity index (χ4v) is 1.54. The first-order valence-electron chi connectivity index (χ1n) is 4.06. The molecule has 13 heavy (non-hydrogen) atoms. The van der Waals surface area contributed by atoms with Gasteiger partial charge in [-0.1, -0.05) is 0 Å². The molecule has 1 aromatic rings. The summed E-state index contributed by atoms with van der Waals surface area (Å²) in [7, 11) is 0. The lowest BCUT2D eigenvalue weighted by atomic mass is 10.3. The van der Waals surface area contributed by atoms with Crippen LogP contribution in [0, 0.1) is 0 Å². The van der Waals surface area contributed by atoms with Gasteiger partial charge in [0.25, 0.3) is 0 Å². The van der Waals surface area contributed by atoms with Crippen LogP contribution in [0.25, 0.3) is 0 Å². The molecule has 72 valence electrons. The standard InChI is InChI=1S/C9H14N2OS/c1-13-9-3-2-7(6-8(9)10)11-4-5-12/h2-3,6,11-12H,4-5,10H2,1H3. The lowest BCUT2D eigenvalue weighted by Crippen LogP contribution is -2.05. The average molecular weight is 198 g/mol. The molecule has 0 unspecified atom stereocenters. The van der Waals surface area contributed by atoms with Crippen LogP contribution in [0.3, 0.4) is 0 Å². The SMILES string of the molecule is CSc1ccc(NCCO)cc1N. The van der Waals surface area contributed by atoms with Crippen LogP contribution in [0.15, 0.2) is 23.1 Å². The molecule has 0 fully saturated rings. The lowest BCUT2D eigenvalue weighted by molar-refractivity contribution is 0.311. The first-order valence-corrected chi connectivity index (χ1v) is 5.28. The van der Waals surface area contributed by atoms with Crippen molar-refractivity contribution in [3.63, 3.8) is 0 Å². The molecule has 0 bridgehead atoms. The minimum Gasteiger partial charge on any atom is -0.398 e. The van der Waals surface area contributed by atoms with Crippen molar-refractivity contribution in [2.24, 2.45) is 0 Å². The van der Waals surface area contributed by atoms with E-state index in [1.807, 2.05) is 24.5 Å². The average Bonchev–Trinajstić information content (AvgIpc) is 2.15. The molecule has 0 spiro atoms. The van der Waals surface area contributed by atoms with Gasteiger partial charge < -0.3 is 16.2 Å². The Bertz CT molecular complexity index is 278. The van der Waals surface area contributed by atoms with E-state index in [-0.39, 0.29) is 6.61 Å². The van der Waals surface area contributed by atoms with Crippen LogP contribution in [-0.2, 0) is 0 Å². The van der Waals surface area contributed by atoms with E-state index in [2.05, 4.69) is 5.32 Å². The van der Waals surface area contributed by atoms with Gasteiger partial charge in [-0.3, -0.25) is 0 Å². The summed E-state index contributed by atoms with van der Waals surface area (Å²) in [4.78, 5) is 1.08. The Labute approximate surface area is 82.3 Å². The van der Waals surface area contributed by atoms with Crippen molar-refractivity contribution in [2.75, 3.05) is 30.5 Å². The van der Waals surface area contributed by atoms with Crippen molar-refractivity contribution in [1.82, 2.24) is 0 Å². The Morgan fingerprint density at radius 2 is 2.31 bits per heavy atom. The van der Waals surface area contributed by atoms with Gasteiger partial charge in [0, 0.05) is 22.8 Å². The highest BCUT2D eigenvalue weighted by Gasteiger charge is 1.98. The molecule has 0 aliphatic heterocycles. The van der Waals surface area contributed by atoms with Crippen LogP contribution in [0.2, 0.25) is 0 Å². The van der Waals surface area contributed by atoms with Crippen molar-refractivity contribution < 1.29 is 5.11 Å². The van der Waals surface area contributed by atoms with Crippen molar-refractivity contribution in [3.05, 3.63) is 18.2 Å². The maximum atomic E-state index is 8.60. The van der Waals surface area contributed by atoms with Crippen LogP contribution in [0.4, 0.5) is 11.4 Å². The number of nitrogens with two attached hydrogens (primary N) is 1. The number of benzene rings is 1. The van der Waals surface area contributed by atoms with Gasteiger partial charge in [-0.25, -0.2) is 0 Å². The summed E-state index contributed by atoms with van der Waals surface area (Å²) in [5.41, 5.74) is 7.50. The third-order valence-corrected chi connectivity index (χ3v) is 2.48. The Balaban J connectivity index is 2.71. The third kappa shape index (κ3) is 2.82. The van der Waals surface area contributed by atoms with Gasteiger partial charge in [0.2, 0.25) is 0 Å². The Hall–Kier alpha value is -0.870. The van der Waals surface area contributed by atoms with Gasteiger partial charge >= 0.3 is 0 Å². The summed E-state index contributed by atoms with van der Waals surface area (Å²) in [5.74, 6) is 0. The highest BCUT2D eigenvalue weighted by molar-refractivity contribution is 7.98. The molecule has 1 rings (SSSR count). The maximum absolute atomic E-state index is 8.60. The zero-order valence-electron chi connectivity index (χ0n) is 7.58. The molecule has 0 aromatic heterocycles. The largest absolute Gasteiger partial charge is 0.398 e. The molecule has 4 N–H and O–H groups in total. The number of aliphatic hydroxyl groups excluding tert-OH is 1. The number of hydrogen-bond donors (Lipinski definition) is 3. The molecule has 0 radical (unpaired) electrons. The van der Waals surface area contributed by atoms with Crippen molar-refractivity contribution in [1.29, 1.82) is 0 Å². The summed E-state index contributed by atoms with van der Waals surface area (Å²) < 4.78 is 0. The van der Waals surface area contributed by atoms with E-state index in [9.17, 15) is 0 Å². The second kappa shape index (κ2) is 4.99. The highest BCUT2D eigenvalue weighted by atomic mass is 32.2. The number of anilines is 2. The zero-order chi connectivity index (χ0) is 9.68. The fraction of sp³-hybridized carbons (Fsp3) is 0.333. The van der Waals surface area contributed by atoms with Gasteiger partial charge in [-0.05, 0) is 24.5 Å². The molecular formula is C9H14N2OS. The summed E-state index contributed by atoms with van der Waals surface area (Å²) in [6.07, 6.45) is 1.99. The molecule has 0 heterocycles. The van der Waals surface area contributed by atoms with E-state index in [1.54, 1.807) is 11.8 Å². The van der Waals surface area contributed by atoms with E-state index in [0.717, 1.165) is 16.3 Å². The van der Waals surface area contributed by atoms with E-state index < -0.39 is 0 Å². The number of nitrogen functional groups attached to an aromatic ring is 1. The smallest absolute Gasteiger partial charge is 0.0604 e. The molecule has 4 heteroatoms. The van der Waals surface area contributed by atoms with E-state index in [0.29, 0.717) is 6.54 Å². The van der Waals surface area contributed by atoms with E-state index in [1.165, 1.54) is 0 Å². The second-order valence-corrected chi connectivity index (χ2v) is 3.46. The molecule has 0 saturated heterocycles. The lowest BCUT2D eigenvalue weighted by Gasteiger charge is -2.07. The Kier molecular flexibility index (Phi) is 3.92. The quantitative estimate of drug-likeness (QED) is 0.505. The summed E-state index contributed by atoms with van der Waals surface area (Å²) in [6, 6.07) is 5.80. The highest BCUT2D eigenvalue weighted by Crippen LogP contribution is 2.25. The molecule has 3 nitrogen and oxygen atoms in total. The van der Waals surface area contributed by atoms with Gasteiger partial charge in [0.05, 0.1) is 6.61 Å². The van der Waals surface area contributed by atoms with E-state index in [4.69, 9.17) is 10.8 Å².